The molecule has 0 radical (unpaired) electrons. The van der Waals surface area contributed by atoms with E-state index < -0.39 is 32.7 Å². The van der Waals surface area contributed by atoms with Crippen LogP contribution in [-0.2, 0) is 19.7 Å². The molecule has 1 rings (SSSR count). The number of carbonyl (C=O) groups is 2. The number of ether oxygens (including phenoxy) is 2. The molecule has 0 unspecified atom stereocenters. The number of rotatable bonds is 3. The summed E-state index contributed by atoms with van der Waals surface area (Å²) in [7, 11) is -4.86. The molecule has 0 saturated carbocycles. The second kappa shape index (κ2) is 7.48. The van der Waals surface area contributed by atoms with Gasteiger partial charge in [-0.05, 0) is 12.1 Å². The van der Waals surface area contributed by atoms with E-state index in [4.69, 9.17) is 0 Å². The van der Waals surface area contributed by atoms with E-state index in [1.165, 1.54) is 12.1 Å². The van der Waals surface area contributed by atoms with Crippen LogP contribution in [0, 0.1) is 0 Å². The molecule has 0 spiro atoms. The minimum atomic E-state index is -4.86. The van der Waals surface area contributed by atoms with Crippen LogP contribution in [0.2, 0.25) is 0 Å². The Balaban J connectivity index is 0.00000324. The Kier molecular flexibility index (Phi) is 7.36. The van der Waals surface area contributed by atoms with Crippen LogP contribution >= 0.6 is 0 Å². The molecule has 0 bridgehead atoms. The molecule has 0 heterocycles. The van der Waals surface area contributed by atoms with Crippen LogP contribution in [0.15, 0.2) is 23.1 Å². The third-order valence-corrected chi connectivity index (χ3v) is 2.57. The Morgan fingerprint density at radius 2 is 1.63 bits per heavy atom. The van der Waals surface area contributed by atoms with Gasteiger partial charge in [0.05, 0.1) is 0 Å². The molecule has 98 valence electrons. The fraction of sp³-hybridized carbons (Fsp3) is 0.200. The Labute approximate surface area is 152 Å². The van der Waals surface area contributed by atoms with Crippen LogP contribution in [0.1, 0.15) is 13.8 Å². The van der Waals surface area contributed by atoms with E-state index in [-0.39, 0.29) is 57.1 Å². The van der Waals surface area contributed by atoms with Crippen LogP contribution in [0.3, 0.4) is 0 Å². The molecule has 1 aromatic rings. The molecule has 0 fully saturated rings. The average molecular weight is 312 g/mol. The van der Waals surface area contributed by atoms with Gasteiger partial charge in [-0.3, -0.25) is 9.59 Å². The maximum Gasteiger partial charge on any atom is 1.00 e. The van der Waals surface area contributed by atoms with Crippen molar-refractivity contribution in [1.29, 1.82) is 0 Å². The van der Waals surface area contributed by atoms with Crippen LogP contribution in [0.5, 0.6) is 11.5 Å². The van der Waals surface area contributed by atoms with Gasteiger partial charge in [0.1, 0.15) is 15.0 Å². The summed E-state index contributed by atoms with van der Waals surface area (Å²) in [6, 6.07) is 3.35. The second-order valence-electron chi connectivity index (χ2n) is 3.22. The fourth-order valence-electron chi connectivity index (χ4n) is 1.17. The molecular formula is C10H9KO7S. The fourth-order valence-corrected chi connectivity index (χ4v) is 1.79. The van der Waals surface area contributed by atoms with E-state index in [0.29, 0.717) is 0 Å². The van der Waals surface area contributed by atoms with E-state index in [1.54, 1.807) is 0 Å². The molecule has 19 heavy (non-hydrogen) atoms. The molecule has 0 aliphatic rings. The van der Waals surface area contributed by atoms with Crippen molar-refractivity contribution >= 4 is 22.1 Å². The predicted molar refractivity (Wildman–Crippen MR) is 57.0 cm³/mol. The number of para-hydroxylation sites is 1. The topological polar surface area (TPSA) is 110 Å². The SMILES string of the molecule is CC(=O)Oc1cccc(S(=O)(=O)[O-])c1OC(C)=O.[K+]. The number of hydrogen-bond acceptors (Lipinski definition) is 7. The molecule has 9 heteroatoms. The van der Waals surface area contributed by atoms with Gasteiger partial charge in [-0.2, -0.15) is 0 Å². The summed E-state index contributed by atoms with van der Waals surface area (Å²) in [4.78, 5) is 20.9. The third-order valence-electron chi connectivity index (χ3n) is 1.71. The number of carbonyl (C=O) groups excluding carboxylic acids is 2. The van der Waals surface area contributed by atoms with Crippen LogP contribution in [-0.4, -0.2) is 24.9 Å². The van der Waals surface area contributed by atoms with Gasteiger partial charge in [-0.1, -0.05) is 6.07 Å². The molecule has 1 aromatic carbocycles. The quantitative estimate of drug-likeness (QED) is 0.261. The summed E-state index contributed by atoms with van der Waals surface area (Å²) in [5, 5.41) is 0. The van der Waals surface area contributed by atoms with Gasteiger partial charge < -0.3 is 14.0 Å². The minimum absolute atomic E-state index is 0. The van der Waals surface area contributed by atoms with Gasteiger partial charge in [0, 0.05) is 13.8 Å². The van der Waals surface area contributed by atoms with E-state index in [1.807, 2.05) is 0 Å². The Morgan fingerprint density at radius 1 is 1.11 bits per heavy atom. The summed E-state index contributed by atoms with van der Waals surface area (Å²) >= 11 is 0. The molecule has 0 aromatic heterocycles. The van der Waals surface area contributed by atoms with Crippen LogP contribution in [0.4, 0.5) is 0 Å². The molecule has 0 amide bonds. The standard InChI is InChI=1S/C10H10O7S.K/c1-6(11)16-8-4-3-5-9(18(13,14)15)10(8)17-7(2)12;/h3-5H,1-2H3,(H,13,14,15);/q;+1/p-1. The van der Waals surface area contributed by atoms with Gasteiger partial charge in [0.15, 0.2) is 11.5 Å². The van der Waals surface area contributed by atoms with Crippen molar-refractivity contribution in [2.45, 2.75) is 18.7 Å². The Bertz CT molecular complexity index is 594. The first-order valence-corrected chi connectivity index (χ1v) is 6.08. The van der Waals surface area contributed by atoms with Crippen molar-refractivity contribution in [3.63, 3.8) is 0 Å². The molecule has 0 N–H and O–H groups in total. The molecule has 7 nitrogen and oxygen atoms in total. The van der Waals surface area contributed by atoms with E-state index >= 15 is 0 Å². The van der Waals surface area contributed by atoms with Gasteiger partial charge in [0.2, 0.25) is 0 Å². The van der Waals surface area contributed by atoms with Crippen molar-refractivity contribution < 1.29 is 83.4 Å². The van der Waals surface area contributed by atoms with Crippen molar-refractivity contribution in [3.05, 3.63) is 18.2 Å². The zero-order chi connectivity index (χ0) is 13.9. The van der Waals surface area contributed by atoms with E-state index in [2.05, 4.69) is 9.47 Å². The summed E-state index contributed by atoms with van der Waals surface area (Å²) in [5.74, 6) is -2.49. The monoisotopic (exact) mass is 312 g/mol. The number of esters is 2. The van der Waals surface area contributed by atoms with Crippen molar-refractivity contribution in [3.8, 4) is 11.5 Å². The Morgan fingerprint density at radius 3 is 2.05 bits per heavy atom. The maximum atomic E-state index is 11.0. The van der Waals surface area contributed by atoms with Crippen LogP contribution in [0.25, 0.3) is 0 Å². The Hall–Kier alpha value is -0.294. The number of benzene rings is 1. The maximum absolute atomic E-state index is 11.0. The van der Waals surface area contributed by atoms with Crippen molar-refractivity contribution in [1.82, 2.24) is 0 Å². The first-order chi connectivity index (χ1) is 8.21. The molecule has 0 aliphatic carbocycles. The number of hydrogen-bond donors (Lipinski definition) is 0. The van der Waals surface area contributed by atoms with Gasteiger partial charge in [0.25, 0.3) is 0 Å². The summed E-state index contributed by atoms with van der Waals surface area (Å²) in [5.41, 5.74) is 0. The first-order valence-electron chi connectivity index (χ1n) is 4.67. The van der Waals surface area contributed by atoms with Gasteiger partial charge in [-0.15, -0.1) is 0 Å². The smallest absolute Gasteiger partial charge is 0.744 e. The predicted octanol–water partition coefficient (Wildman–Crippen LogP) is -2.55. The molecular weight excluding hydrogens is 303 g/mol. The van der Waals surface area contributed by atoms with Gasteiger partial charge in [-0.25, -0.2) is 8.42 Å². The van der Waals surface area contributed by atoms with Crippen molar-refractivity contribution in [2.75, 3.05) is 0 Å². The molecule has 0 saturated heterocycles. The third kappa shape index (κ3) is 5.69. The van der Waals surface area contributed by atoms with E-state index in [9.17, 15) is 22.6 Å². The summed E-state index contributed by atoms with van der Waals surface area (Å²) in [6.07, 6.45) is 0. The zero-order valence-corrected chi connectivity index (χ0v) is 14.4. The van der Waals surface area contributed by atoms with Crippen molar-refractivity contribution in [2.24, 2.45) is 0 Å². The second-order valence-corrected chi connectivity index (χ2v) is 4.57. The normalized spacial score (nSPS) is 10.3. The summed E-state index contributed by atoms with van der Waals surface area (Å²) < 4.78 is 42.2. The molecule has 0 aliphatic heterocycles. The average Bonchev–Trinajstić information content (AvgIpc) is 2.17. The van der Waals surface area contributed by atoms with Crippen LogP contribution < -0.4 is 60.9 Å². The minimum Gasteiger partial charge on any atom is -0.744 e. The van der Waals surface area contributed by atoms with E-state index in [0.717, 1.165) is 19.9 Å². The molecule has 0 atom stereocenters. The zero-order valence-electron chi connectivity index (χ0n) is 10.5. The van der Waals surface area contributed by atoms with Gasteiger partial charge >= 0.3 is 63.3 Å². The first kappa shape index (κ1) is 18.7. The largest absolute Gasteiger partial charge is 1.00 e. The summed E-state index contributed by atoms with van der Waals surface area (Å²) in [6.45, 7) is 2.10.